The summed E-state index contributed by atoms with van der Waals surface area (Å²) in [6, 6.07) is 6.24. The first-order valence-corrected chi connectivity index (χ1v) is 9.02. The number of benzene rings is 1. The molecule has 0 atom stereocenters. The number of hydrogen-bond donors (Lipinski definition) is 0. The summed E-state index contributed by atoms with van der Waals surface area (Å²) in [4.78, 5) is 38.3. The summed E-state index contributed by atoms with van der Waals surface area (Å²) in [6.07, 6.45) is 3.96. The molecule has 1 aromatic carbocycles. The summed E-state index contributed by atoms with van der Waals surface area (Å²) in [5.74, 6) is -1.30. The highest BCUT2D eigenvalue weighted by Crippen LogP contribution is 2.32. The smallest absolute Gasteiger partial charge is 0.338 e. The van der Waals surface area contributed by atoms with E-state index in [9.17, 15) is 25.0 Å². The zero-order chi connectivity index (χ0) is 20.9. The predicted octanol–water partition coefficient (Wildman–Crippen LogP) is 2.50. The normalized spacial score (nSPS) is 15.2. The molecule has 0 bridgehead atoms. The van der Waals surface area contributed by atoms with Gasteiger partial charge in [-0.15, -0.1) is 0 Å². The molecule has 0 unspecified atom stereocenters. The van der Waals surface area contributed by atoms with Crippen LogP contribution in [0.3, 0.4) is 0 Å². The van der Waals surface area contributed by atoms with Crippen molar-refractivity contribution >= 4 is 23.3 Å². The highest BCUT2D eigenvalue weighted by atomic mass is 16.6. The quantitative estimate of drug-likeness (QED) is 0.417. The number of likely N-dealkylation sites (N-methyl/N-ethyl adjacent to an activating group) is 1. The standard InChI is InChI=1S/C19H24N4O5/c1-21(2)15-8-7-14(11-16(15)23(26)27)18(25)28-12-17(24)22(3)19(13-20)9-5-4-6-10-19/h7-8,11H,4-6,9-10,12H2,1-3H3. The van der Waals surface area contributed by atoms with Crippen LogP contribution >= 0.6 is 0 Å². The van der Waals surface area contributed by atoms with Crippen molar-refractivity contribution in [2.24, 2.45) is 0 Å². The largest absolute Gasteiger partial charge is 0.452 e. The van der Waals surface area contributed by atoms with Crippen LogP contribution in [-0.4, -0.2) is 55.0 Å². The predicted molar refractivity (Wildman–Crippen MR) is 102 cm³/mol. The molecule has 1 aliphatic rings. The van der Waals surface area contributed by atoms with Gasteiger partial charge < -0.3 is 14.5 Å². The zero-order valence-corrected chi connectivity index (χ0v) is 16.3. The number of nitro groups is 1. The molecule has 0 N–H and O–H groups in total. The third-order valence-corrected chi connectivity index (χ3v) is 5.12. The van der Waals surface area contributed by atoms with Gasteiger partial charge >= 0.3 is 5.97 Å². The average molecular weight is 388 g/mol. The van der Waals surface area contributed by atoms with E-state index in [1.165, 1.54) is 17.0 Å². The van der Waals surface area contributed by atoms with Crippen LogP contribution in [0.25, 0.3) is 0 Å². The van der Waals surface area contributed by atoms with Gasteiger partial charge in [0.25, 0.3) is 11.6 Å². The van der Waals surface area contributed by atoms with E-state index in [-0.39, 0.29) is 11.3 Å². The Morgan fingerprint density at radius 1 is 1.25 bits per heavy atom. The molecular weight excluding hydrogens is 364 g/mol. The Balaban J connectivity index is 2.07. The number of hydrogen-bond acceptors (Lipinski definition) is 7. The van der Waals surface area contributed by atoms with Crippen molar-refractivity contribution in [3.05, 3.63) is 33.9 Å². The van der Waals surface area contributed by atoms with Crippen molar-refractivity contribution in [1.82, 2.24) is 4.90 Å². The minimum Gasteiger partial charge on any atom is -0.452 e. The molecule has 0 radical (unpaired) electrons. The summed E-state index contributed by atoms with van der Waals surface area (Å²) in [7, 11) is 4.86. The van der Waals surface area contributed by atoms with Crippen molar-refractivity contribution in [2.45, 2.75) is 37.6 Å². The van der Waals surface area contributed by atoms with Crippen LogP contribution in [0.15, 0.2) is 18.2 Å². The Labute approximate surface area is 163 Å². The number of carbonyl (C=O) groups is 2. The highest BCUT2D eigenvalue weighted by molar-refractivity contribution is 5.93. The summed E-state index contributed by atoms with van der Waals surface area (Å²) in [5, 5.41) is 20.8. The van der Waals surface area contributed by atoms with Gasteiger partial charge in [0.05, 0.1) is 16.6 Å². The van der Waals surface area contributed by atoms with E-state index in [1.807, 2.05) is 0 Å². The lowest BCUT2D eigenvalue weighted by atomic mass is 9.81. The molecule has 1 fully saturated rings. The SMILES string of the molecule is CN(C)c1ccc(C(=O)OCC(=O)N(C)C2(C#N)CCCCC2)cc1[N+](=O)[O-]. The number of nitriles is 1. The van der Waals surface area contributed by atoms with Crippen molar-refractivity contribution in [3.63, 3.8) is 0 Å². The summed E-state index contributed by atoms with van der Waals surface area (Å²) >= 11 is 0. The molecule has 28 heavy (non-hydrogen) atoms. The van der Waals surface area contributed by atoms with Gasteiger partial charge in [-0.05, 0) is 25.0 Å². The Bertz CT molecular complexity index is 809. The molecule has 0 aliphatic heterocycles. The Morgan fingerprint density at radius 2 is 1.89 bits per heavy atom. The van der Waals surface area contributed by atoms with E-state index >= 15 is 0 Å². The van der Waals surface area contributed by atoms with Crippen LogP contribution < -0.4 is 4.90 Å². The molecule has 0 aromatic heterocycles. The first-order chi connectivity index (χ1) is 13.2. The minimum atomic E-state index is -0.867. The molecule has 0 heterocycles. The van der Waals surface area contributed by atoms with Crippen LogP contribution in [0.2, 0.25) is 0 Å². The molecule has 2 rings (SSSR count). The molecule has 1 aromatic rings. The first kappa shape index (κ1) is 21.2. The van der Waals surface area contributed by atoms with Gasteiger partial charge in [-0.25, -0.2) is 4.79 Å². The van der Waals surface area contributed by atoms with Crippen LogP contribution in [0.5, 0.6) is 0 Å². The maximum Gasteiger partial charge on any atom is 0.338 e. The zero-order valence-electron chi connectivity index (χ0n) is 16.3. The number of amides is 1. The fourth-order valence-corrected chi connectivity index (χ4v) is 3.38. The van der Waals surface area contributed by atoms with Crippen molar-refractivity contribution in [2.75, 3.05) is 32.6 Å². The molecule has 0 spiro atoms. The first-order valence-electron chi connectivity index (χ1n) is 9.02. The fraction of sp³-hybridized carbons (Fsp3) is 0.526. The number of nitrogens with zero attached hydrogens (tertiary/aromatic N) is 4. The molecule has 9 heteroatoms. The molecule has 9 nitrogen and oxygen atoms in total. The third kappa shape index (κ3) is 4.39. The lowest BCUT2D eigenvalue weighted by molar-refractivity contribution is -0.384. The van der Waals surface area contributed by atoms with Gasteiger partial charge in [0, 0.05) is 27.2 Å². The summed E-state index contributed by atoms with van der Waals surface area (Å²) in [6.45, 7) is -0.526. The molecule has 150 valence electrons. The second-order valence-corrected chi connectivity index (χ2v) is 7.09. The minimum absolute atomic E-state index is 0.0135. The van der Waals surface area contributed by atoms with Crippen LogP contribution in [0.1, 0.15) is 42.5 Å². The Hall–Kier alpha value is -3.15. The van der Waals surface area contributed by atoms with Gasteiger partial charge in [-0.2, -0.15) is 5.26 Å². The van der Waals surface area contributed by atoms with Gasteiger partial charge in [-0.1, -0.05) is 19.3 Å². The topological polar surface area (TPSA) is 117 Å². The third-order valence-electron chi connectivity index (χ3n) is 5.12. The number of anilines is 1. The van der Waals surface area contributed by atoms with E-state index in [2.05, 4.69) is 6.07 Å². The number of ether oxygens (including phenoxy) is 1. The molecule has 1 amide bonds. The Kier molecular flexibility index (Phi) is 6.57. The van der Waals surface area contributed by atoms with Crippen molar-refractivity contribution in [3.8, 4) is 6.07 Å². The molecule has 1 aliphatic carbocycles. The summed E-state index contributed by atoms with van der Waals surface area (Å²) in [5.41, 5.74) is -0.756. The second-order valence-electron chi connectivity index (χ2n) is 7.09. The molecule has 1 saturated carbocycles. The van der Waals surface area contributed by atoms with Crippen LogP contribution in [0, 0.1) is 21.4 Å². The van der Waals surface area contributed by atoms with Gasteiger partial charge in [0.15, 0.2) is 6.61 Å². The lowest BCUT2D eigenvalue weighted by Gasteiger charge is -2.38. The van der Waals surface area contributed by atoms with E-state index in [0.29, 0.717) is 18.5 Å². The lowest BCUT2D eigenvalue weighted by Crippen LogP contribution is -2.51. The van der Waals surface area contributed by atoms with E-state index in [1.54, 1.807) is 26.0 Å². The van der Waals surface area contributed by atoms with Crippen LogP contribution in [-0.2, 0) is 9.53 Å². The fourth-order valence-electron chi connectivity index (χ4n) is 3.38. The van der Waals surface area contributed by atoms with E-state index < -0.39 is 28.9 Å². The van der Waals surface area contributed by atoms with Gasteiger partial charge in [0.2, 0.25) is 0 Å². The van der Waals surface area contributed by atoms with E-state index in [0.717, 1.165) is 25.3 Å². The number of rotatable bonds is 6. The highest BCUT2D eigenvalue weighted by Gasteiger charge is 2.39. The molecular formula is C19H24N4O5. The number of esters is 1. The van der Waals surface area contributed by atoms with Crippen molar-refractivity contribution < 1.29 is 19.2 Å². The maximum absolute atomic E-state index is 12.4. The van der Waals surface area contributed by atoms with E-state index in [4.69, 9.17) is 4.74 Å². The van der Waals surface area contributed by atoms with Gasteiger partial charge in [-0.3, -0.25) is 14.9 Å². The number of carbonyl (C=O) groups excluding carboxylic acids is 2. The Morgan fingerprint density at radius 3 is 2.43 bits per heavy atom. The summed E-state index contributed by atoms with van der Waals surface area (Å²) < 4.78 is 5.05. The average Bonchev–Trinajstić information content (AvgIpc) is 2.70. The monoisotopic (exact) mass is 388 g/mol. The van der Waals surface area contributed by atoms with Crippen LogP contribution in [0.4, 0.5) is 11.4 Å². The number of nitro benzene ring substituents is 1. The second kappa shape index (κ2) is 8.69. The maximum atomic E-state index is 12.4. The van der Waals surface area contributed by atoms with Crippen molar-refractivity contribution in [1.29, 1.82) is 5.26 Å². The van der Waals surface area contributed by atoms with Gasteiger partial charge in [0.1, 0.15) is 11.2 Å². The molecule has 0 saturated heterocycles.